The Bertz CT molecular complexity index is 691. The van der Waals surface area contributed by atoms with Crippen molar-refractivity contribution in [1.29, 1.82) is 0 Å². The molecule has 0 unspecified atom stereocenters. The Morgan fingerprint density at radius 2 is 1.91 bits per heavy atom. The molecule has 0 N–H and O–H groups in total. The van der Waals surface area contributed by atoms with Crippen molar-refractivity contribution in [2.24, 2.45) is 0 Å². The third-order valence-electron chi connectivity index (χ3n) is 3.80. The molecular weight excluding hydrogens is 338 g/mol. The Balaban J connectivity index is 1.99. The van der Waals surface area contributed by atoms with Gasteiger partial charge in [0.1, 0.15) is 0 Å². The van der Waals surface area contributed by atoms with E-state index < -0.39 is 0 Å². The minimum Gasteiger partial charge on any atom is -0.334 e. The molecule has 0 aliphatic heterocycles. The van der Waals surface area contributed by atoms with Gasteiger partial charge in [0.2, 0.25) is 0 Å². The Hall–Kier alpha value is -1.53. The maximum atomic E-state index is 11.3. The molecule has 22 heavy (non-hydrogen) atoms. The number of rotatable bonds is 7. The molecule has 2 rings (SSSR count). The minimum absolute atomic E-state index is 0.725. The fraction of sp³-hybridized carbons (Fsp3) is 0.421. The van der Waals surface area contributed by atoms with E-state index in [0.29, 0.717) is 0 Å². The number of benzene rings is 1. The Labute approximate surface area is 141 Å². The van der Waals surface area contributed by atoms with E-state index in [0.717, 1.165) is 46.7 Å². The highest BCUT2D eigenvalue weighted by molar-refractivity contribution is 9.10. The zero-order valence-electron chi connectivity index (χ0n) is 13.1. The first kappa shape index (κ1) is 16.8. The molecule has 0 amide bonds. The number of nitrogens with zero attached hydrogens (tertiary/aromatic N) is 1. The molecule has 0 spiro atoms. The lowest BCUT2D eigenvalue weighted by Crippen LogP contribution is -1.97. The third kappa shape index (κ3) is 4.01. The molecule has 2 nitrogen and oxygen atoms in total. The van der Waals surface area contributed by atoms with Gasteiger partial charge in [-0.05, 0) is 28.4 Å². The quantitative estimate of drug-likeness (QED) is 0.359. The number of aromatic nitrogens is 1. The summed E-state index contributed by atoms with van der Waals surface area (Å²) >= 11 is 3.55. The molecule has 116 valence electrons. The van der Waals surface area contributed by atoms with Gasteiger partial charge in [-0.15, -0.1) is 11.8 Å². The molecule has 0 radical (unpaired) electrons. The first-order valence-electron chi connectivity index (χ1n) is 7.97. The summed E-state index contributed by atoms with van der Waals surface area (Å²) in [4.78, 5) is 11.3. The molecule has 0 saturated carbocycles. The van der Waals surface area contributed by atoms with E-state index in [9.17, 15) is 4.79 Å². The van der Waals surface area contributed by atoms with Gasteiger partial charge in [-0.2, -0.15) is 0 Å². The van der Waals surface area contributed by atoms with Crippen molar-refractivity contribution in [3.05, 3.63) is 34.4 Å². The van der Waals surface area contributed by atoms with E-state index in [2.05, 4.69) is 39.3 Å². The Kier molecular flexibility index (Phi) is 6.74. The lowest BCUT2D eigenvalue weighted by atomic mass is 10.1. The maximum Gasteiger partial charge on any atom is 0.153 e. The van der Waals surface area contributed by atoms with Crippen molar-refractivity contribution in [2.75, 3.05) is 0 Å². The molecule has 1 heterocycles. The van der Waals surface area contributed by atoms with Crippen LogP contribution in [0.15, 0.2) is 28.9 Å². The van der Waals surface area contributed by atoms with Crippen LogP contribution in [0.2, 0.25) is 0 Å². The maximum absolute atomic E-state index is 11.3. The Morgan fingerprint density at radius 3 is 2.68 bits per heavy atom. The van der Waals surface area contributed by atoms with Gasteiger partial charge in [-0.25, -0.2) is 0 Å². The molecule has 0 saturated heterocycles. The molecule has 1 aromatic carbocycles. The van der Waals surface area contributed by atoms with Crippen molar-refractivity contribution in [3.63, 3.8) is 0 Å². The van der Waals surface area contributed by atoms with Crippen molar-refractivity contribution in [2.45, 2.75) is 52.0 Å². The van der Waals surface area contributed by atoms with Gasteiger partial charge >= 0.3 is 0 Å². The molecule has 0 aliphatic carbocycles. The number of hydrogen-bond donors (Lipinski definition) is 0. The summed E-state index contributed by atoms with van der Waals surface area (Å²) in [6, 6.07) is 7.99. The van der Waals surface area contributed by atoms with Crippen LogP contribution in [0.4, 0.5) is 0 Å². The molecule has 0 aliphatic rings. The topological polar surface area (TPSA) is 22.0 Å². The van der Waals surface area contributed by atoms with Crippen molar-refractivity contribution in [3.8, 4) is 11.8 Å². The third-order valence-corrected chi connectivity index (χ3v) is 4.66. The number of carbonyl (C=O) groups is 1. The lowest BCUT2D eigenvalue weighted by Gasteiger charge is -2.04. The number of para-hydroxylation sites is 1. The molecule has 0 bridgehead atoms. The van der Waals surface area contributed by atoms with Crippen LogP contribution in [-0.4, -0.2) is 10.9 Å². The number of unbranched alkanes of at least 4 members (excludes halogenated alkanes) is 4. The molecule has 0 atom stereocenters. The molecule has 2 aromatic rings. The second-order valence-electron chi connectivity index (χ2n) is 5.41. The first-order chi connectivity index (χ1) is 10.8. The van der Waals surface area contributed by atoms with Crippen LogP contribution < -0.4 is 0 Å². The smallest absolute Gasteiger partial charge is 0.153 e. The second kappa shape index (κ2) is 8.80. The SMILES string of the molecule is CCCCCCC#CCCn1c(Br)c(C=O)c2ccccc21. The van der Waals surface area contributed by atoms with Crippen LogP contribution in [0.5, 0.6) is 0 Å². The normalized spacial score (nSPS) is 10.5. The van der Waals surface area contributed by atoms with Crippen LogP contribution in [0.25, 0.3) is 10.9 Å². The predicted molar refractivity (Wildman–Crippen MR) is 96.2 cm³/mol. The van der Waals surface area contributed by atoms with Gasteiger partial charge in [0.05, 0.1) is 10.2 Å². The Morgan fingerprint density at radius 1 is 1.14 bits per heavy atom. The van der Waals surface area contributed by atoms with Crippen molar-refractivity contribution >= 4 is 33.1 Å². The van der Waals surface area contributed by atoms with Crippen molar-refractivity contribution in [1.82, 2.24) is 4.57 Å². The summed E-state index contributed by atoms with van der Waals surface area (Å²) in [6.07, 6.45) is 7.77. The van der Waals surface area contributed by atoms with E-state index in [4.69, 9.17) is 0 Å². The van der Waals surface area contributed by atoms with Crippen LogP contribution in [-0.2, 0) is 6.54 Å². The first-order valence-corrected chi connectivity index (χ1v) is 8.76. The van der Waals surface area contributed by atoms with Gasteiger partial charge in [-0.3, -0.25) is 4.79 Å². The van der Waals surface area contributed by atoms with E-state index >= 15 is 0 Å². The average molecular weight is 360 g/mol. The van der Waals surface area contributed by atoms with Gasteiger partial charge in [-0.1, -0.05) is 44.4 Å². The van der Waals surface area contributed by atoms with E-state index in [1.165, 1.54) is 25.7 Å². The molecule has 0 fully saturated rings. The highest BCUT2D eigenvalue weighted by Crippen LogP contribution is 2.29. The molecular formula is C19H22BrNO. The fourth-order valence-corrected chi connectivity index (χ4v) is 3.29. The van der Waals surface area contributed by atoms with Gasteiger partial charge in [0, 0.05) is 30.3 Å². The summed E-state index contributed by atoms with van der Waals surface area (Å²) < 4.78 is 2.98. The monoisotopic (exact) mass is 359 g/mol. The van der Waals surface area contributed by atoms with Gasteiger partial charge in [0.15, 0.2) is 6.29 Å². The number of halogens is 1. The molecule has 3 heteroatoms. The highest BCUT2D eigenvalue weighted by Gasteiger charge is 2.13. The largest absolute Gasteiger partial charge is 0.334 e. The lowest BCUT2D eigenvalue weighted by molar-refractivity contribution is 0.112. The highest BCUT2D eigenvalue weighted by atomic mass is 79.9. The predicted octanol–water partition coefficient (Wildman–Crippen LogP) is 5.58. The van der Waals surface area contributed by atoms with E-state index in [1.54, 1.807) is 0 Å². The molecule has 1 aromatic heterocycles. The number of aryl methyl sites for hydroxylation is 1. The van der Waals surface area contributed by atoms with E-state index in [1.807, 2.05) is 24.3 Å². The number of carbonyl (C=O) groups excluding carboxylic acids is 1. The van der Waals surface area contributed by atoms with Crippen LogP contribution in [0.3, 0.4) is 0 Å². The summed E-state index contributed by atoms with van der Waals surface area (Å²) in [7, 11) is 0. The van der Waals surface area contributed by atoms with Crippen LogP contribution >= 0.6 is 15.9 Å². The van der Waals surface area contributed by atoms with Crippen LogP contribution in [0, 0.1) is 11.8 Å². The number of aldehydes is 1. The zero-order valence-corrected chi connectivity index (χ0v) is 14.7. The van der Waals surface area contributed by atoms with Crippen molar-refractivity contribution < 1.29 is 4.79 Å². The zero-order chi connectivity index (χ0) is 15.8. The second-order valence-corrected chi connectivity index (χ2v) is 6.16. The van der Waals surface area contributed by atoms with Gasteiger partial charge in [0.25, 0.3) is 0 Å². The fourth-order valence-electron chi connectivity index (χ4n) is 2.61. The standard InChI is InChI=1S/C19H22BrNO/c1-2-3-4-5-6-7-8-11-14-21-18-13-10-9-12-16(18)17(15-22)19(21)20/h9-10,12-13,15H,2-6,11,14H2,1H3. The number of fused-ring (bicyclic) bond motifs is 1. The number of hydrogen-bond acceptors (Lipinski definition) is 1. The summed E-state index contributed by atoms with van der Waals surface area (Å²) in [5.74, 6) is 6.50. The summed E-state index contributed by atoms with van der Waals surface area (Å²) in [5, 5.41) is 0.997. The minimum atomic E-state index is 0.725. The summed E-state index contributed by atoms with van der Waals surface area (Å²) in [5.41, 5.74) is 1.81. The van der Waals surface area contributed by atoms with Gasteiger partial charge < -0.3 is 4.57 Å². The van der Waals surface area contributed by atoms with Crippen LogP contribution in [0.1, 0.15) is 55.8 Å². The summed E-state index contributed by atoms with van der Waals surface area (Å²) in [6.45, 7) is 3.02. The average Bonchev–Trinajstić information content (AvgIpc) is 2.81. The van der Waals surface area contributed by atoms with E-state index in [-0.39, 0.29) is 0 Å².